The molecule has 1 aromatic carbocycles. The molecule has 4 nitrogen and oxygen atoms in total. The first-order chi connectivity index (χ1) is 11.3. The lowest BCUT2D eigenvalue weighted by atomic mass is 9.90. The minimum Gasteiger partial charge on any atom is -0.444 e. The van der Waals surface area contributed by atoms with Gasteiger partial charge in [0.2, 0.25) is 0 Å². The summed E-state index contributed by atoms with van der Waals surface area (Å²) in [4.78, 5) is 18.4. The molecule has 3 rings (SSSR count). The Morgan fingerprint density at radius 2 is 1.88 bits per heavy atom. The van der Waals surface area contributed by atoms with Gasteiger partial charge in [-0.3, -0.25) is 4.98 Å². The third-order valence-corrected chi connectivity index (χ3v) is 4.44. The third-order valence-electron chi connectivity index (χ3n) is 3.91. The number of carbonyl (C=O) groups is 1. The van der Waals surface area contributed by atoms with Gasteiger partial charge < -0.3 is 9.64 Å². The highest BCUT2D eigenvalue weighted by atomic mass is 79.9. The fourth-order valence-electron chi connectivity index (χ4n) is 2.74. The summed E-state index contributed by atoms with van der Waals surface area (Å²) >= 11 is 3.46. The molecule has 0 aliphatic carbocycles. The topological polar surface area (TPSA) is 42.4 Å². The molecule has 2 heterocycles. The van der Waals surface area contributed by atoms with Crippen LogP contribution in [0.5, 0.6) is 0 Å². The van der Waals surface area contributed by atoms with Crippen molar-refractivity contribution >= 4 is 22.0 Å². The van der Waals surface area contributed by atoms with Gasteiger partial charge in [0.25, 0.3) is 0 Å². The highest BCUT2D eigenvalue weighted by Gasteiger charge is 2.36. The first kappa shape index (κ1) is 17.0. The lowest BCUT2D eigenvalue weighted by molar-refractivity contribution is 0.00792. The number of benzene rings is 1. The largest absolute Gasteiger partial charge is 0.444 e. The van der Waals surface area contributed by atoms with E-state index in [4.69, 9.17) is 4.74 Å². The fourth-order valence-corrected chi connectivity index (χ4v) is 3.01. The van der Waals surface area contributed by atoms with E-state index in [0.717, 1.165) is 21.3 Å². The number of likely N-dealkylation sites (tertiary alicyclic amines) is 1. The Morgan fingerprint density at radius 1 is 1.21 bits per heavy atom. The van der Waals surface area contributed by atoms with E-state index in [9.17, 15) is 4.79 Å². The first-order valence-electron chi connectivity index (χ1n) is 8.02. The predicted octanol–water partition coefficient (Wildman–Crippen LogP) is 4.85. The van der Waals surface area contributed by atoms with Crippen LogP contribution in [0.3, 0.4) is 0 Å². The van der Waals surface area contributed by atoms with Gasteiger partial charge in [0.05, 0.1) is 5.69 Å². The van der Waals surface area contributed by atoms with Crippen LogP contribution in [-0.2, 0) is 4.74 Å². The average molecular weight is 389 g/mol. The van der Waals surface area contributed by atoms with Crippen LogP contribution < -0.4 is 0 Å². The van der Waals surface area contributed by atoms with Crippen molar-refractivity contribution in [3.63, 3.8) is 0 Å². The highest BCUT2D eigenvalue weighted by molar-refractivity contribution is 9.10. The van der Waals surface area contributed by atoms with Crippen molar-refractivity contribution in [2.45, 2.75) is 32.3 Å². The van der Waals surface area contributed by atoms with Gasteiger partial charge in [-0.15, -0.1) is 0 Å². The Bertz CT molecular complexity index is 732. The van der Waals surface area contributed by atoms with E-state index < -0.39 is 5.60 Å². The normalized spacial score (nSPS) is 15.1. The molecule has 1 amide bonds. The number of halogens is 1. The number of pyridine rings is 1. The van der Waals surface area contributed by atoms with Crippen LogP contribution in [0.15, 0.2) is 47.1 Å². The Morgan fingerprint density at radius 3 is 2.50 bits per heavy atom. The molecule has 1 aliphatic rings. The van der Waals surface area contributed by atoms with Gasteiger partial charge >= 0.3 is 6.09 Å². The monoisotopic (exact) mass is 388 g/mol. The molecule has 0 unspecified atom stereocenters. The molecule has 0 spiro atoms. The van der Waals surface area contributed by atoms with Crippen LogP contribution in [-0.4, -0.2) is 34.7 Å². The summed E-state index contributed by atoms with van der Waals surface area (Å²) in [7, 11) is 0. The number of hydrogen-bond acceptors (Lipinski definition) is 3. The summed E-state index contributed by atoms with van der Waals surface area (Å²) in [5.74, 6) is 0.248. The van der Waals surface area contributed by atoms with Crippen molar-refractivity contribution in [3.05, 3.63) is 52.8 Å². The molecule has 5 heteroatoms. The van der Waals surface area contributed by atoms with Crippen molar-refractivity contribution in [1.29, 1.82) is 0 Å². The number of amides is 1. The Labute approximate surface area is 151 Å². The zero-order valence-corrected chi connectivity index (χ0v) is 15.7. The predicted molar refractivity (Wildman–Crippen MR) is 97.9 cm³/mol. The van der Waals surface area contributed by atoms with E-state index in [1.165, 1.54) is 0 Å². The van der Waals surface area contributed by atoms with Crippen molar-refractivity contribution in [1.82, 2.24) is 9.88 Å². The van der Waals surface area contributed by atoms with E-state index in [-0.39, 0.29) is 12.0 Å². The second-order valence-electron chi connectivity index (χ2n) is 7.03. The molecule has 24 heavy (non-hydrogen) atoms. The highest BCUT2D eigenvalue weighted by Crippen LogP contribution is 2.34. The lowest BCUT2D eigenvalue weighted by Crippen LogP contribution is -2.50. The summed E-state index contributed by atoms with van der Waals surface area (Å²) in [5, 5.41) is 0. The summed E-state index contributed by atoms with van der Waals surface area (Å²) in [5.41, 5.74) is 2.84. The number of carbonyl (C=O) groups excluding carboxylic acids is 1. The second kappa shape index (κ2) is 6.55. The zero-order chi connectivity index (χ0) is 17.3. The van der Waals surface area contributed by atoms with E-state index in [1.807, 2.05) is 45.2 Å². The van der Waals surface area contributed by atoms with Gasteiger partial charge in [-0.05, 0) is 44.5 Å². The first-order valence-corrected chi connectivity index (χ1v) is 8.81. The van der Waals surface area contributed by atoms with Gasteiger partial charge in [0, 0.05) is 35.2 Å². The molecular formula is C19H21BrN2O2. The van der Waals surface area contributed by atoms with Crippen LogP contribution in [0.1, 0.15) is 32.4 Å². The molecule has 0 atom stereocenters. The van der Waals surface area contributed by atoms with E-state index in [1.54, 1.807) is 4.90 Å². The smallest absolute Gasteiger partial charge is 0.410 e. The number of aromatic nitrogens is 1. The molecule has 1 aromatic heterocycles. The maximum Gasteiger partial charge on any atom is 0.410 e. The van der Waals surface area contributed by atoms with Crippen LogP contribution in [0, 0.1) is 0 Å². The summed E-state index contributed by atoms with van der Waals surface area (Å²) in [6.07, 6.45) is 1.56. The van der Waals surface area contributed by atoms with Crippen LogP contribution in [0.4, 0.5) is 4.79 Å². The SMILES string of the molecule is CC(C)(C)OC(=O)N1CC(c2ncccc2-c2ccc(Br)cc2)C1. The van der Waals surface area contributed by atoms with Crippen LogP contribution in [0.25, 0.3) is 11.1 Å². The minimum absolute atomic E-state index is 0.248. The van der Waals surface area contributed by atoms with Crippen molar-refractivity contribution in [3.8, 4) is 11.1 Å². The molecular weight excluding hydrogens is 368 g/mol. The fraction of sp³-hybridized carbons (Fsp3) is 0.368. The molecule has 1 aliphatic heterocycles. The lowest BCUT2D eigenvalue weighted by Gasteiger charge is -2.40. The van der Waals surface area contributed by atoms with Crippen LogP contribution >= 0.6 is 15.9 Å². The average Bonchev–Trinajstić information content (AvgIpc) is 2.45. The van der Waals surface area contributed by atoms with E-state index in [0.29, 0.717) is 13.1 Å². The molecule has 1 saturated heterocycles. The Balaban J connectivity index is 1.74. The molecule has 1 fully saturated rings. The van der Waals surface area contributed by atoms with Gasteiger partial charge in [0.15, 0.2) is 0 Å². The molecule has 2 aromatic rings. The van der Waals surface area contributed by atoms with E-state index >= 15 is 0 Å². The third kappa shape index (κ3) is 3.78. The van der Waals surface area contributed by atoms with Gasteiger partial charge in [-0.1, -0.05) is 34.1 Å². The molecule has 0 radical (unpaired) electrons. The van der Waals surface area contributed by atoms with Crippen molar-refractivity contribution in [2.24, 2.45) is 0 Å². The Kier molecular flexibility index (Phi) is 4.63. The van der Waals surface area contributed by atoms with Crippen LogP contribution in [0.2, 0.25) is 0 Å². The zero-order valence-electron chi connectivity index (χ0n) is 14.1. The van der Waals surface area contributed by atoms with Crippen molar-refractivity contribution < 1.29 is 9.53 Å². The van der Waals surface area contributed by atoms with E-state index in [2.05, 4.69) is 39.1 Å². The number of rotatable bonds is 2. The standard InChI is InChI=1S/C19H21BrN2O2/c1-19(2,3)24-18(23)22-11-14(12-22)17-16(5-4-10-21-17)13-6-8-15(20)9-7-13/h4-10,14H,11-12H2,1-3H3. The number of hydrogen-bond donors (Lipinski definition) is 0. The quantitative estimate of drug-likeness (QED) is 0.738. The summed E-state index contributed by atoms with van der Waals surface area (Å²) in [6, 6.07) is 12.2. The van der Waals surface area contributed by atoms with Gasteiger partial charge in [-0.2, -0.15) is 0 Å². The summed E-state index contributed by atoms with van der Waals surface area (Å²) in [6.45, 7) is 6.94. The van der Waals surface area contributed by atoms with Gasteiger partial charge in [0.1, 0.15) is 5.60 Å². The molecule has 0 saturated carbocycles. The maximum absolute atomic E-state index is 12.1. The summed E-state index contributed by atoms with van der Waals surface area (Å²) < 4.78 is 6.47. The van der Waals surface area contributed by atoms with Gasteiger partial charge in [-0.25, -0.2) is 4.79 Å². The number of ether oxygens (including phenoxy) is 1. The molecule has 0 bridgehead atoms. The second-order valence-corrected chi connectivity index (χ2v) is 7.94. The molecule has 0 N–H and O–H groups in total. The van der Waals surface area contributed by atoms with Crippen molar-refractivity contribution in [2.75, 3.05) is 13.1 Å². The Hall–Kier alpha value is -1.88. The number of nitrogens with zero attached hydrogens (tertiary/aromatic N) is 2. The molecule has 126 valence electrons. The maximum atomic E-state index is 12.1. The minimum atomic E-state index is -0.463.